The molecule has 158 valence electrons. The molecule has 2 aliphatic carbocycles. The summed E-state index contributed by atoms with van der Waals surface area (Å²) in [5, 5.41) is 0. The monoisotopic (exact) mass is 417 g/mol. The number of nitrogens with zero attached hydrogens (tertiary/aromatic N) is 1. The van der Waals surface area contributed by atoms with Gasteiger partial charge >= 0.3 is 6.18 Å². The standard InChI is InChI=1S/C23H22F3NO3/c1-22(12-30-13-22)9-8-18-19(10-15-7-6-14(11-27-15)23(24,25)26)21(29)17-5-3-2-4-16(17)20(18)28/h4-7,11H,2-3,8-10,12-13H2,1H3. The lowest BCUT2D eigenvalue weighted by Crippen LogP contribution is -2.40. The maximum atomic E-state index is 13.2. The molecule has 0 atom stereocenters. The Bertz CT molecular complexity index is 980. The molecule has 1 saturated heterocycles. The molecule has 0 spiro atoms. The summed E-state index contributed by atoms with van der Waals surface area (Å²) in [6, 6.07) is 2.22. The van der Waals surface area contributed by atoms with Crippen LogP contribution in [0.2, 0.25) is 0 Å². The molecule has 2 heterocycles. The fourth-order valence-corrected chi connectivity index (χ4v) is 4.06. The Kier molecular flexibility index (Phi) is 5.26. The van der Waals surface area contributed by atoms with Crippen molar-refractivity contribution < 1.29 is 27.5 Å². The van der Waals surface area contributed by atoms with Gasteiger partial charge in [-0.3, -0.25) is 14.6 Å². The Balaban J connectivity index is 1.68. The summed E-state index contributed by atoms with van der Waals surface area (Å²) < 4.78 is 43.7. The van der Waals surface area contributed by atoms with Crippen LogP contribution in [-0.4, -0.2) is 29.8 Å². The fraction of sp³-hybridized carbons (Fsp3) is 0.435. The minimum absolute atomic E-state index is 0.0227. The second kappa shape index (κ2) is 7.61. The molecule has 0 N–H and O–H groups in total. The molecule has 0 aromatic carbocycles. The number of allylic oxidation sites excluding steroid dienone is 6. The van der Waals surface area contributed by atoms with Gasteiger partial charge in [-0.25, -0.2) is 0 Å². The van der Waals surface area contributed by atoms with Crippen molar-refractivity contribution in [2.45, 2.75) is 45.2 Å². The number of carbonyl (C=O) groups excluding carboxylic acids is 2. The molecule has 0 radical (unpaired) electrons. The molecular formula is C23H22F3NO3. The Morgan fingerprint density at radius 3 is 2.17 bits per heavy atom. The number of carbonyl (C=O) groups is 2. The predicted octanol–water partition coefficient (Wildman–Crippen LogP) is 4.55. The molecule has 0 bridgehead atoms. The zero-order valence-electron chi connectivity index (χ0n) is 16.6. The summed E-state index contributed by atoms with van der Waals surface area (Å²) in [4.78, 5) is 30.3. The van der Waals surface area contributed by atoms with Crippen LogP contribution >= 0.6 is 0 Å². The van der Waals surface area contributed by atoms with Crippen LogP contribution in [-0.2, 0) is 26.9 Å². The zero-order chi connectivity index (χ0) is 21.5. The molecule has 1 fully saturated rings. The van der Waals surface area contributed by atoms with Crippen molar-refractivity contribution in [1.29, 1.82) is 0 Å². The van der Waals surface area contributed by atoms with Crippen LogP contribution in [0.15, 0.2) is 52.8 Å². The van der Waals surface area contributed by atoms with Gasteiger partial charge in [0.2, 0.25) is 0 Å². The third kappa shape index (κ3) is 3.90. The number of alkyl halides is 3. The van der Waals surface area contributed by atoms with Crippen LogP contribution in [0.25, 0.3) is 0 Å². The Morgan fingerprint density at radius 1 is 1.03 bits per heavy atom. The number of Topliss-reactive ketones (excluding diaryl/α,β-unsaturated/α-hetero) is 2. The van der Waals surface area contributed by atoms with Crippen molar-refractivity contribution in [3.8, 4) is 0 Å². The summed E-state index contributed by atoms with van der Waals surface area (Å²) in [7, 11) is 0. The van der Waals surface area contributed by atoms with E-state index in [2.05, 4.69) is 11.9 Å². The van der Waals surface area contributed by atoms with Gasteiger partial charge < -0.3 is 4.74 Å². The number of hydrogen-bond acceptors (Lipinski definition) is 4. The number of halogens is 3. The zero-order valence-corrected chi connectivity index (χ0v) is 16.6. The normalized spacial score (nSPS) is 21.1. The first-order valence-electron chi connectivity index (χ1n) is 10.00. The van der Waals surface area contributed by atoms with Crippen LogP contribution in [0.4, 0.5) is 13.2 Å². The lowest BCUT2D eigenvalue weighted by Gasteiger charge is -2.38. The second-order valence-electron chi connectivity index (χ2n) is 8.44. The molecule has 30 heavy (non-hydrogen) atoms. The highest BCUT2D eigenvalue weighted by Crippen LogP contribution is 2.39. The van der Waals surface area contributed by atoms with Gasteiger partial charge in [-0.05, 0) is 37.8 Å². The van der Waals surface area contributed by atoms with Crippen LogP contribution in [0.5, 0.6) is 0 Å². The van der Waals surface area contributed by atoms with Gasteiger partial charge in [0.05, 0.1) is 18.8 Å². The molecule has 3 aliphatic rings. The molecule has 7 heteroatoms. The van der Waals surface area contributed by atoms with Crippen molar-refractivity contribution >= 4 is 11.6 Å². The smallest absolute Gasteiger partial charge is 0.380 e. The van der Waals surface area contributed by atoms with Crippen molar-refractivity contribution in [3.63, 3.8) is 0 Å². The number of rotatable bonds is 5. The van der Waals surface area contributed by atoms with Crippen LogP contribution < -0.4 is 0 Å². The van der Waals surface area contributed by atoms with Gasteiger partial charge in [0.1, 0.15) is 0 Å². The van der Waals surface area contributed by atoms with Crippen molar-refractivity contribution in [1.82, 2.24) is 4.98 Å². The van der Waals surface area contributed by atoms with E-state index in [9.17, 15) is 22.8 Å². The van der Waals surface area contributed by atoms with E-state index >= 15 is 0 Å². The van der Waals surface area contributed by atoms with Gasteiger partial charge in [-0.15, -0.1) is 0 Å². The van der Waals surface area contributed by atoms with E-state index in [0.717, 1.165) is 12.3 Å². The average molecular weight is 417 g/mol. The van der Waals surface area contributed by atoms with E-state index in [-0.39, 0.29) is 23.4 Å². The van der Waals surface area contributed by atoms with Crippen molar-refractivity contribution in [2.24, 2.45) is 5.41 Å². The predicted molar refractivity (Wildman–Crippen MR) is 104 cm³/mol. The molecule has 4 rings (SSSR count). The topological polar surface area (TPSA) is 56.3 Å². The van der Waals surface area contributed by atoms with Gasteiger partial charge in [-0.2, -0.15) is 13.2 Å². The summed E-state index contributed by atoms with van der Waals surface area (Å²) >= 11 is 0. The molecule has 4 nitrogen and oxygen atoms in total. The van der Waals surface area contributed by atoms with E-state index in [4.69, 9.17) is 4.74 Å². The second-order valence-corrected chi connectivity index (χ2v) is 8.44. The minimum atomic E-state index is -4.47. The fourth-order valence-electron chi connectivity index (χ4n) is 4.06. The maximum Gasteiger partial charge on any atom is 0.417 e. The van der Waals surface area contributed by atoms with Gasteiger partial charge in [0.25, 0.3) is 0 Å². The lowest BCUT2D eigenvalue weighted by atomic mass is 9.74. The van der Waals surface area contributed by atoms with E-state index in [0.29, 0.717) is 66.9 Å². The Hall–Kier alpha value is -2.54. The molecule has 0 saturated carbocycles. The Labute approximate surface area is 172 Å². The SMILES string of the molecule is CC1(CCC2=C(Cc3ccc(C(F)(F)F)cn3)C(=O)C3=CCCC=C3C2=O)COC1. The molecule has 1 aliphatic heterocycles. The molecule has 1 aromatic heterocycles. The summed E-state index contributed by atoms with van der Waals surface area (Å²) in [5.74, 6) is -0.362. The number of ether oxygens (including phenoxy) is 1. The average Bonchev–Trinajstić information content (AvgIpc) is 2.70. The number of hydrogen-bond donors (Lipinski definition) is 0. The van der Waals surface area contributed by atoms with Crippen LogP contribution in [0, 0.1) is 5.41 Å². The molecule has 1 aromatic rings. The third-order valence-corrected chi connectivity index (χ3v) is 5.95. The van der Waals surface area contributed by atoms with E-state index in [1.165, 1.54) is 6.07 Å². The van der Waals surface area contributed by atoms with Crippen molar-refractivity contribution in [3.05, 3.63) is 64.0 Å². The van der Waals surface area contributed by atoms with Crippen molar-refractivity contribution in [2.75, 3.05) is 13.2 Å². The van der Waals surface area contributed by atoms with Gasteiger partial charge in [0, 0.05) is 46.0 Å². The molecular weight excluding hydrogens is 395 g/mol. The molecule has 0 amide bonds. The lowest BCUT2D eigenvalue weighted by molar-refractivity contribution is -0.137. The van der Waals surface area contributed by atoms with Crippen LogP contribution in [0.1, 0.15) is 43.9 Å². The highest BCUT2D eigenvalue weighted by atomic mass is 19.4. The number of aromatic nitrogens is 1. The van der Waals surface area contributed by atoms with Crippen LogP contribution in [0.3, 0.4) is 0 Å². The summed E-state index contributed by atoms with van der Waals surface area (Å²) in [5.41, 5.74) is 1.14. The highest BCUT2D eigenvalue weighted by molar-refractivity contribution is 6.29. The number of ketones is 2. The van der Waals surface area contributed by atoms with E-state index in [1.807, 2.05) is 6.08 Å². The highest BCUT2D eigenvalue weighted by Gasteiger charge is 2.38. The number of pyridine rings is 1. The largest absolute Gasteiger partial charge is 0.417 e. The minimum Gasteiger partial charge on any atom is -0.380 e. The summed E-state index contributed by atoms with van der Waals surface area (Å²) in [6.45, 7) is 3.31. The number of fused-ring (bicyclic) bond motifs is 1. The quantitative estimate of drug-likeness (QED) is 0.705. The van der Waals surface area contributed by atoms with E-state index in [1.54, 1.807) is 6.08 Å². The van der Waals surface area contributed by atoms with Gasteiger partial charge in [-0.1, -0.05) is 19.1 Å². The first kappa shape index (κ1) is 20.7. The van der Waals surface area contributed by atoms with E-state index < -0.39 is 11.7 Å². The first-order valence-corrected chi connectivity index (χ1v) is 10.00. The van der Waals surface area contributed by atoms with Gasteiger partial charge in [0.15, 0.2) is 11.6 Å². The first-order chi connectivity index (χ1) is 14.2. The molecule has 0 unspecified atom stereocenters. The summed E-state index contributed by atoms with van der Waals surface area (Å²) in [6.07, 6.45) is 2.48. The maximum absolute atomic E-state index is 13.2. The Morgan fingerprint density at radius 2 is 1.67 bits per heavy atom. The third-order valence-electron chi connectivity index (χ3n) is 5.95.